The number of nitrogens with one attached hydrogen (secondary N) is 1. The zero-order valence-electron chi connectivity index (χ0n) is 17.7. The number of carbonyl (C=O) groups is 1. The molecule has 1 amide bonds. The van der Waals surface area contributed by atoms with Crippen molar-refractivity contribution in [1.82, 2.24) is 5.32 Å². The van der Waals surface area contributed by atoms with Crippen LogP contribution in [0.4, 0.5) is 0 Å². The summed E-state index contributed by atoms with van der Waals surface area (Å²) in [4.78, 5) is 12.3. The van der Waals surface area contributed by atoms with E-state index in [1.165, 1.54) is 0 Å². The Morgan fingerprint density at radius 3 is 2.27 bits per heavy atom. The summed E-state index contributed by atoms with van der Waals surface area (Å²) in [6, 6.07) is 6.98. The standard InChI is InChI=1S/C21H31NO11/c1-2-10-3-5-11(6-4-10)7-22-20(31)17(29)16(28)19(12(25)8-23)33-21-18(30)15(27)14(26)13(9-24)32-21/h2-6,12-19,21,23-30H,1,7-9H2,(H,22,31)/t12-,13-,14-,15+,16-,17-,18-,19-,21+/m1/s1. The second kappa shape index (κ2) is 12.5. The van der Waals surface area contributed by atoms with E-state index in [9.17, 15) is 45.6 Å². The van der Waals surface area contributed by atoms with Gasteiger partial charge in [0, 0.05) is 6.54 Å². The van der Waals surface area contributed by atoms with Crippen LogP contribution in [0, 0.1) is 0 Å². The zero-order valence-corrected chi connectivity index (χ0v) is 17.7. The molecule has 1 aromatic carbocycles. The Morgan fingerprint density at radius 1 is 1.09 bits per heavy atom. The Balaban J connectivity index is 2.06. The Morgan fingerprint density at radius 2 is 1.73 bits per heavy atom. The fourth-order valence-corrected chi connectivity index (χ4v) is 3.24. The van der Waals surface area contributed by atoms with Gasteiger partial charge >= 0.3 is 0 Å². The summed E-state index contributed by atoms with van der Waals surface area (Å²) >= 11 is 0. The van der Waals surface area contributed by atoms with Gasteiger partial charge in [0.2, 0.25) is 0 Å². The van der Waals surface area contributed by atoms with Crippen LogP contribution in [0.5, 0.6) is 0 Å². The van der Waals surface area contributed by atoms with Crippen LogP contribution in [0.15, 0.2) is 30.8 Å². The second-order valence-corrected chi connectivity index (χ2v) is 7.65. The lowest BCUT2D eigenvalue weighted by Gasteiger charge is -2.42. The largest absolute Gasteiger partial charge is 0.394 e. The maximum absolute atomic E-state index is 12.3. The lowest BCUT2D eigenvalue weighted by atomic mass is 9.98. The number of aliphatic hydroxyl groups is 8. The Bertz CT molecular complexity index is 759. The minimum absolute atomic E-state index is 0.0147. The van der Waals surface area contributed by atoms with Gasteiger partial charge in [-0.3, -0.25) is 4.79 Å². The summed E-state index contributed by atoms with van der Waals surface area (Å²) in [5.41, 5.74) is 1.56. The van der Waals surface area contributed by atoms with Crippen molar-refractivity contribution in [3.63, 3.8) is 0 Å². The molecule has 0 saturated carbocycles. The zero-order chi connectivity index (χ0) is 24.7. The topological polar surface area (TPSA) is 209 Å². The van der Waals surface area contributed by atoms with E-state index in [4.69, 9.17) is 9.47 Å². The van der Waals surface area contributed by atoms with Crippen molar-refractivity contribution in [3.05, 3.63) is 42.0 Å². The highest BCUT2D eigenvalue weighted by molar-refractivity contribution is 5.81. The van der Waals surface area contributed by atoms with Gasteiger partial charge in [0.05, 0.1) is 13.2 Å². The molecule has 1 heterocycles. The number of aliphatic hydroxyl groups excluding tert-OH is 8. The van der Waals surface area contributed by atoms with Gasteiger partial charge in [-0.05, 0) is 11.1 Å². The van der Waals surface area contributed by atoms with Crippen LogP contribution >= 0.6 is 0 Å². The van der Waals surface area contributed by atoms with E-state index in [1.54, 1.807) is 30.3 Å². The van der Waals surface area contributed by atoms with Crippen molar-refractivity contribution in [2.75, 3.05) is 13.2 Å². The van der Waals surface area contributed by atoms with Gasteiger partial charge in [0.25, 0.3) is 5.91 Å². The maximum Gasteiger partial charge on any atom is 0.251 e. The average molecular weight is 473 g/mol. The highest BCUT2D eigenvalue weighted by atomic mass is 16.7. The fourth-order valence-electron chi connectivity index (χ4n) is 3.24. The molecule has 9 N–H and O–H groups in total. The monoisotopic (exact) mass is 473 g/mol. The van der Waals surface area contributed by atoms with Crippen LogP contribution in [-0.2, 0) is 20.8 Å². The van der Waals surface area contributed by atoms with Crippen molar-refractivity contribution in [3.8, 4) is 0 Å². The van der Waals surface area contributed by atoms with Crippen LogP contribution in [0.1, 0.15) is 11.1 Å². The number of ether oxygens (including phenoxy) is 2. The van der Waals surface area contributed by atoms with E-state index in [0.717, 1.165) is 5.56 Å². The molecule has 1 saturated heterocycles. The summed E-state index contributed by atoms with van der Waals surface area (Å²) in [5, 5.41) is 81.5. The molecule has 9 atom stereocenters. The minimum Gasteiger partial charge on any atom is -0.394 e. The van der Waals surface area contributed by atoms with E-state index in [1.807, 2.05) is 0 Å². The SMILES string of the molecule is C=Cc1ccc(CNC(=O)[C@H](O)[C@@H](O)[C@H](O[C@@H]2O[C@H](CO)[C@@H](O)[C@H](O)[C@H]2O)[C@H](O)CO)cc1. The fraction of sp³-hybridized carbons (Fsp3) is 0.571. The quantitative estimate of drug-likeness (QED) is 0.152. The molecule has 12 heteroatoms. The number of carbonyl (C=O) groups excluding carboxylic acids is 1. The predicted octanol–water partition coefficient (Wildman–Crippen LogP) is -3.79. The van der Waals surface area contributed by atoms with Gasteiger partial charge in [-0.1, -0.05) is 36.9 Å². The van der Waals surface area contributed by atoms with Crippen molar-refractivity contribution < 1.29 is 55.1 Å². The number of hydrogen-bond acceptors (Lipinski definition) is 11. The first-order valence-corrected chi connectivity index (χ1v) is 10.2. The van der Waals surface area contributed by atoms with Crippen molar-refractivity contribution in [2.45, 2.75) is 61.7 Å². The summed E-state index contributed by atoms with van der Waals surface area (Å²) < 4.78 is 10.4. The Labute approximate surface area is 190 Å². The van der Waals surface area contributed by atoms with Crippen LogP contribution in [-0.4, -0.2) is 115 Å². The second-order valence-electron chi connectivity index (χ2n) is 7.65. The highest BCUT2D eigenvalue weighted by Crippen LogP contribution is 2.25. The van der Waals surface area contributed by atoms with Crippen molar-refractivity contribution in [2.24, 2.45) is 0 Å². The molecule has 1 fully saturated rings. The van der Waals surface area contributed by atoms with Gasteiger partial charge in [-0.25, -0.2) is 0 Å². The van der Waals surface area contributed by atoms with Crippen molar-refractivity contribution in [1.29, 1.82) is 0 Å². The van der Waals surface area contributed by atoms with E-state index in [0.29, 0.717) is 5.56 Å². The minimum atomic E-state index is -2.12. The van der Waals surface area contributed by atoms with E-state index in [-0.39, 0.29) is 6.54 Å². The third kappa shape index (κ3) is 6.77. The molecule has 12 nitrogen and oxygen atoms in total. The van der Waals surface area contributed by atoms with Crippen LogP contribution in [0.25, 0.3) is 6.08 Å². The molecule has 33 heavy (non-hydrogen) atoms. The first-order chi connectivity index (χ1) is 15.6. The number of rotatable bonds is 11. The highest BCUT2D eigenvalue weighted by Gasteiger charge is 2.47. The molecule has 2 rings (SSSR count). The molecule has 0 unspecified atom stereocenters. The molecule has 1 aliphatic rings. The molecule has 1 aliphatic heterocycles. The van der Waals surface area contributed by atoms with Crippen LogP contribution < -0.4 is 5.32 Å². The van der Waals surface area contributed by atoms with Crippen LogP contribution in [0.3, 0.4) is 0 Å². The molecule has 0 bridgehead atoms. The van der Waals surface area contributed by atoms with E-state index >= 15 is 0 Å². The first-order valence-electron chi connectivity index (χ1n) is 10.2. The molecular formula is C21H31NO11. The smallest absolute Gasteiger partial charge is 0.251 e. The summed E-state index contributed by atoms with van der Waals surface area (Å²) in [6.45, 7) is 1.94. The molecule has 0 spiro atoms. The van der Waals surface area contributed by atoms with Gasteiger partial charge in [0.1, 0.15) is 42.7 Å². The van der Waals surface area contributed by atoms with Gasteiger partial charge in [-0.2, -0.15) is 0 Å². The molecule has 0 aromatic heterocycles. The van der Waals surface area contributed by atoms with Gasteiger partial charge < -0.3 is 55.6 Å². The molecule has 0 radical (unpaired) electrons. The van der Waals surface area contributed by atoms with E-state index in [2.05, 4.69) is 11.9 Å². The lowest BCUT2D eigenvalue weighted by molar-refractivity contribution is -0.326. The van der Waals surface area contributed by atoms with E-state index < -0.39 is 74.2 Å². The molecule has 186 valence electrons. The van der Waals surface area contributed by atoms with Crippen molar-refractivity contribution >= 4 is 12.0 Å². The molecule has 1 aromatic rings. The van der Waals surface area contributed by atoms with Gasteiger partial charge in [0.15, 0.2) is 12.4 Å². The average Bonchev–Trinajstić information content (AvgIpc) is 2.84. The maximum atomic E-state index is 12.3. The third-order valence-corrected chi connectivity index (χ3v) is 5.32. The Kier molecular flexibility index (Phi) is 10.3. The summed E-state index contributed by atoms with van der Waals surface area (Å²) in [5.74, 6) is -1.01. The Hall–Kier alpha value is -1.97. The summed E-state index contributed by atoms with van der Waals surface area (Å²) in [6.07, 6.45) is -14.7. The lowest BCUT2D eigenvalue weighted by Crippen LogP contribution is -2.62. The normalized spacial score (nSPS) is 29.0. The van der Waals surface area contributed by atoms with Crippen LogP contribution in [0.2, 0.25) is 0 Å². The number of amides is 1. The summed E-state index contributed by atoms with van der Waals surface area (Å²) in [7, 11) is 0. The number of hydrogen-bond donors (Lipinski definition) is 9. The molecular weight excluding hydrogens is 442 g/mol. The third-order valence-electron chi connectivity index (χ3n) is 5.32. The number of benzene rings is 1. The first kappa shape index (κ1) is 27.3. The molecule has 0 aliphatic carbocycles. The van der Waals surface area contributed by atoms with Gasteiger partial charge in [-0.15, -0.1) is 0 Å². The predicted molar refractivity (Wildman–Crippen MR) is 112 cm³/mol.